The molecule has 1 aliphatic rings. The molecule has 1 fully saturated rings. The second-order valence-corrected chi connectivity index (χ2v) is 12.4. The first-order valence-electron chi connectivity index (χ1n) is 17.0. The Morgan fingerprint density at radius 1 is 0.840 bits per heavy atom. The quantitative estimate of drug-likeness (QED) is 0.0344. The van der Waals surface area contributed by atoms with Gasteiger partial charge in [-0.05, 0) is 18.8 Å². The third kappa shape index (κ3) is 20.7. The van der Waals surface area contributed by atoms with Crippen molar-refractivity contribution in [1.82, 2.24) is 20.9 Å². The van der Waals surface area contributed by atoms with Crippen molar-refractivity contribution >= 4 is 48.1 Å². The lowest BCUT2D eigenvalue weighted by molar-refractivity contribution is -0.139. The van der Waals surface area contributed by atoms with E-state index in [0.717, 1.165) is 0 Å². The number of likely N-dealkylation sites (tertiary alicyclic amines) is 1. The minimum absolute atomic E-state index is 0.0358. The Hall–Kier alpha value is -2.87. The van der Waals surface area contributed by atoms with Gasteiger partial charge in [0.25, 0.3) is 0 Å². The van der Waals surface area contributed by atoms with E-state index in [-0.39, 0.29) is 74.4 Å². The Kier molecular flexibility index (Phi) is 25.1. The standard InChI is InChI=1S/C32H57N5O12S/c1-23(2)29(25(38)21-24(30(41)34-3)5-4-7-35-32(33)43)36-27(39)6-9-44-11-13-46-15-17-48-19-20-49-18-16-47-14-12-45-10-8-37-28(40)22-26(50)31(37)42/h23-24,26,29,50H,4-22H2,1-3H3,(H,34,41)(H,36,39)(H3,33,35,43)/t24-,26?,29+/m1/s1. The summed E-state index contributed by atoms with van der Waals surface area (Å²) in [5.41, 5.74) is 5.06. The average Bonchev–Trinajstić information content (AvgIpc) is 3.32. The number of nitrogens with two attached hydrogens (primary N) is 1. The van der Waals surface area contributed by atoms with Crippen LogP contribution in [0.5, 0.6) is 0 Å². The molecule has 1 saturated heterocycles. The molecule has 0 spiro atoms. The highest BCUT2D eigenvalue weighted by Gasteiger charge is 2.35. The number of carbonyl (C=O) groups excluding carboxylic acids is 6. The summed E-state index contributed by atoms with van der Waals surface area (Å²) in [5.74, 6) is -2.11. The van der Waals surface area contributed by atoms with Crippen molar-refractivity contribution in [2.75, 3.05) is 99.4 Å². The van der Waals surface area contributed by atoms with Gasteiger partial charge < -0.3 is 50.1 Å². The number of amides is 6. The number of ether oxygens (including phenoxy) is 6. The number of rotatable bonds is 31. The SMILES string of the molecule is CNC(=O)[C@H](CCCNC(N)=O)CC(=O)[C@@H](NC(=O)CCOCCOCCOCCOCCOCCOCCN1C(=O)CC(S)C1=O)C(C)C. The van der Waals surface area contributed by atoms with Gasteiger partial charge in [-0.3, -0.25) is 28.9 Å². The molecule has 0 aliphatic carbocycles. The maximum absolute atomic E-state index is 13.0. The van der Waals surface area contributed by atoms with E-state index in [1.54, 1.807) is 0 Å². The summed E-state index contributed by atoms with van der Waals surface area (Å²) in [7, 11) is 1.50. The van der Waals surface area contributed by atoms with Crippen LogP contribution in [0.15, 0.2) is 0 Å². The number of hydrogen-bond acceptors (Lipinski definition) is 13. The van der Waals surface area contributed by atoms with Gasteiger partial charge in [0.15, 0.2) is 5.78 Å². The number of Topliss-reactive ketones (excluding diaryl/α,β-unsaturated/α-hetero) is 1. The Bertz CT molecular complexity index is 1040. The predicted octanol–water partition coefficient (Wildman–Crippen LogP) is -0.556. The van der Waals surface area contributed by atoms with Crippen molar-refractivity contribution in [3.8, 4) is 0 Å². The number of hydrogen-bond donors (Lipinski definition) is 5. The Morgan fingerprint density at radius 2 is 1.34 bits per heavy atom. The minimum atomic E-state index is -0.742. The van der Waals surface area contributed by atoms with Gasteiger partial charge in [-0.1, -0.05) is 13.8 Å². The lowest BCUT2D eigenvalue weighted by Gasteiger charge is -2.23. The van der Waals surface area contributed by atoms with Crippen LogP contribution in [0, 0.1) is 11.8 Å². The average molecular weight is 736 g/mol. The summed E-state index contributed by atoms with van der Waals surface area (Å²) in [6.07, 6.45) is 1.02. The second-order valence-electron chi connectivity index (χ2n) is 11.7. The number of thiol groups is 1. The Labute approximate surface area is 300 Å². The molecular formula is C32H57N5O12S. The van der Waals surface area contributed by atoms with E-state index in [9.17, 15) is 28.8 Å². The third-order valence-electron chi connectivity index (χ3n) is 7.44. The number of urea groups is 1. The van der Waals surface area contributed by atoms with Crippen molar-refractivity contribution in [2.24, 2.45) is 17.6 Å². The lowest BCUT2D eigenvalue weighted by Crippen LogP contribution is -2.46. The number of imide groups is 1. The first-order chi connectivity index (χ1) is 24.0. The zero-order valence-corrected chi connectivity index (χ0v) is 30.5. The van der Waals surface area contributed by atoms with Crippen molar-refractivity contribution in [3.63, 3.8) is 0 Å². The molecule has 1 unspecified atom stereocenters. The van der Waals surface area contributed by atoms with Crippen LogP contribution >= 0.6 is 12.6 Å². The molecule has 0 aromatic rings. The Morgan fingerprint density at radius 3 is 1.78 bits per heavy atom. The molecule has 288 valence electrons. The summed E-state index contributed by atoms with van der Waals surface area (Å²) < 4.78 is 32.6. The molecule has 50 heavy (non-hydrogen) atoms. The zero-order valence-electron chi connectivity index (χ0n) is 29.6. The summed E-state index contributed by atoms with van der Waals surface area (Å²) in [6, 6.07) is -1.39. The molecule has 3 atom stereocenters. The van der Waals surface area contributed by atoms with Crippen LogP contribution in [-0.4, -0.2) is 151 Å². The fraction of sp³-hybridized carbons (Fsp3) is 0.812. The van der Waals surface area contributed by atoms with E-state index in [2.05, 4.69) is 28.6 Å². The predicted molar refractivity (Wildman–Crippen MR) is 184 cm³/mol. The minimum Gasteiger partial charge on any atom is -0.379 e. The maximum Gasteiger partial charge on any atom is 0.312 e. The molecule has 1 heterocycles. The van der Waals surface area contributed by atoms with Crippen LogP contribution in [0.2, 0.25) is 0 Å². The second kappa shape index (κ2) is 27.8. The van der Waals surface area contributed by atoms with E-state index >= 15 is 0 Å². The van der Waals surface area contributed by atoms with Crippen LogP contribution < -0.4 is 21.7 Å². The van der Waals surface area contributed by atoms with Crippen molar-refractivity contribution in [3.05, 3.63) is 0 Å². The number of carbonyl (C=O) groups is 6. The monoisotopic (exact) mass is 735 g/mol. The molecule has 0 aromatic heterocycles. The molecule has 1 rings (SSSR count). The molecule has 0 radical (unpaired) electrons. The molecule has 0 aromatic carbocycles. The highest BCUT2D eigenvalue weighted by atomic mass is 32.1. The third-order valence-corrected chi connectivity index (χ3v) is 7.84. The molecular weight excluding hydrogens is 678 g/mol. The molecule has 18 heteroatoms. The van der Waals surface area contributed by atoms with Crippen molar-refractivity contribution in [2.45, 2.75) is 57.2 Å². The van der Waals surface area contributed by atoms with Crippen LogP contribution in [0.1, 0.15) is 46.0 Å². The topological polar surface area (TPSA) is 223 Å². The Balaban J connectivity index is 2.00. The van der Waals surface area contributed by atoms with Crippen LogP contribution in [-0.2, 0) is 52.4 Å². The van der Waals surface area contributed by atoms with E-state index in [1.165, 1.54) is 11.9 Å². The lowest BCUT2D eigenvalue weighted by atomic mass is 9.89. The summed E-state index contributed by atoms with van der Waals surface area (Å²) in [6.45, 7) is 8.28. The van der Waals surface area contributed by atoms with Crippen molar-refractivity contribution < 1.29 is 57.2 Å². The fourth-order valence-corrected chi connectivity index (χ4v) is 5.04. The van der Waals surface area contributed by atoms with E-state index in [4.69, 9.17) is 34.2 Å². The van der Waals surface area contributed by atoms with Gasteiger partial charge in [-0.15, -0.1) is 0 Å². The molecule has 0 saturated carbocycles. The van der Waals surface area contributed by atoms with E-state index in [0.29, 0.717) is 85.5 Å². The van der Waals surface area contributed by atoms with Crippen molar-refractivity contribution in [1.29, 1.82) is 0 Å². The highest BCUT2D eigenvalue weighted by Crippen LogP contribution is 2.18. The highest BCUT2D eigenvalue weighted by molar-refractivity contribution is 7.81. The van der Waals surface area contributed by atoms with Gasteiger partial charge in [0, 0.05) is 38.8 Å². The van der Waals surface area contributed by atoms with Gasteiger partial charge in [0.2, 0.25) is 23.6 Å². The largest absolute Gasteiger partial charge is 0.379 e. The van der Waals surface area contributed by atoms with Gasteiger partial charge in [0.05, 0.1) is 97.1 Å². The first kappa shape index (κ1) is 45.2. The van der Waals surface area contributed by atoms with Gasteiger partial charge in [-0.2, -0.15) is 12.6 Å². The van der Waals surface area contributed by atoms with Gasteiger partial charge in [-0.25, -0.2) is 4.79 Å². The van der Waals surface area contributed by atoms with Crippen LogP contribution in [0.3, 0.4) is 0 Å². The fourth-order valence-electron chi connectivity index (χ4n) is 4.75. The number of nitrogens with one attached hydrogen (secondary N) is 3. The van der Waals surface area contributed by atoms with E-state index in [1.807, 2.05) is 13.8 Å². The summed E-state index contributed by atoms with van der Waals surface area (Å²) >= 11 is 4.08. The van der Waals surface area contributed by atoms with Crippen LogP contribution in [0.25, 0.3) is 0 Å². The zero-order chi connectivity index (χ0) is 37.1. The summed E-state index contributed by atoms with van der Waals surface area (Å²) in [4.78, 5) is 73.3. The molecule has 5 N–H and O–H groups in total. The van der Waals surface area contributed by atoms with Gasteiger partial charge in [0.1, 0.15) is 0 Å². The smallest absolute Gasteiger partial charge is 0.312 e. The molecule has 17 nitrogen and oxygen atoms in total. The molecule has 1 aliphatic heterocycles. The van der Waals surface area contributed by atoms with Gasteiger partial charge >= 0.3 is 6.03 Å². The number of primary amides is 1. The van der Waals surface area contributed by atoms with E-state index < -0.39 is 23.2 Å². The number of nitrogens with zero attached hydrogens (tertiary/aromatic N) is 1. The maximum atomic E-state index is 13.0. The first-order valence-corrected chi connectivity index (χ1v) is 17.5. The summed E-state index contributed by atoms with van der Waals surface area (Å²) in [5, 5.41) is 7.24. The van der Waals surface area contributed by atoms with Crippen LogP contribution in [0.4, 0.5) is 4.79 Å². The normalized spacial score (nSPS) is 15.7. The molecule has 6 amide bonds. The molecule has 0 bridgehead atoms. The number of ketones is 1.